The van der Waals surface area contributed by atoms with Gasteiger partial charge in [0.15, 0.2) is 0 Å². The summed E-state index contributed by atoms with van der Waals surface area (Å²) in [7, 11) is 1.99. The van der Waals surface area contributed by atoms with Gasteiger partial charge >= 0.3 is 0 Å². The van der Waals surface area contributed by atoms with Gasteiger partial charge in [-0.05, 0) is 19.9 Å². The van der Waals surface area contributed by atoms with E-state index in [1.165, 1.54) is 5.56 Å². The smallest absolute Gasteiger partial charge is 0.140 e. The summed E-state index contributed by atoms with van der Waals surface area (Å²) >= 11 is 0. The molecule has 19 heavy (non-hydrogen) atoms. The van der Waals surface area contributed by atoms with Crippen LogP contribution in [0.2, 0.25) is 0 Å². The molecule has 5 heteroatoms. The van der Waals surface area contributed by atoms with E-state index in [1.807, 2.05) is 24.1 Å². The van der Waals surface area contributed by atoms with Crippen molar-refractivity contribution in [3.8, 4) is 5.82 Å². The maximum Gasteiger partial charge on any atom is 0.140 e. The van der Waals surface area contributed by atoms with Gasteiger partial charge < -0.3 is 5.32 Å². The predicted octanol–water partition coefficient (Wildman–Crippen LogP) is 1.98. The quantitative estimate of drug-likeness (QED) is 0.865. The summed E-state index contributed by atoms with van der Waals surface area (Å²) in [4.78, 5) is 4.46. The molecule has 0 amide bonds. The standard InChI is InChI=1S/C14H23N5/c1-5-7-13-16-8-9-19(13)14-12(10-15-6-2)11(3)17-18(14)4/h8-9,15H,5-7,10H2,1-4H3. The second-order valence-corrected chi connectivity index (χ2v) is 4.75. The Kier molecular flexibility index (Phi) is 4.37. The third-order valence-electron chi connectivity index (χ3n) is 3.28. The number of hydrogen-bond donors (Lipinski definition) is 1. The molecule has 0 radical (unpaired) electrons. The highest BCUT2D eigenvalue weighted by Gasteiger charge is 2.16. The van der Waals surface area contributed by atoms with Crippen molar-refractivity contribution >= 4 is 0 Å². The topological polar surface area (TPSA) is 47.7 Å². The van der Waals surface area contributed by atoms with Gasteiger partial charge in [-0.3, -0.25) is 9.25 Å². The van der Waals surface area contributed by atoms with Crippen molar-refractivity contribution in [2.24, 2.45) is 7.05 Å². The minimum absolute atomic E-state index is 0.843. The van der Waals surface area contributed by atoms with Gasteiger partial charge in [0.25, 0.3) is 0 Å². The molecule has 5 nitrogen and oxygen atoms in total. The molecule has 0 saturated carbocycles. The second-order valence-electron chi connectivity index (χ2n) is 4.75. The molecule has 2 aromatic rings. The molecule has 0 fully saturated rings. The average molecular weight is 261 g/mol. The van der Waals surface area contributed by atoms with Gasteiger partial charge in [0, 0.05) is 38.0 Å². The number of nitrogens with one attached hydrogen (secondary N) is 1. The Morgan fingerprint density at radius 3 is 2.79 bits per heavy atom. The van der Waals surface area contributed by atoms with Gasteiger partial charge in [-0.1, -0.05) is 13.8 Å². The summed E-state index contributed by atoms with van der Waals surface area (Å²) < 4.78 is 4.11. The average Bonchev–Trinajstić information content (AvgIpc) is 2.92. The summed E-state index contributed by atoms with van der Waals surface area (Å²) in [5, 5.41) is 7.93. The van der Waals surface area contributed by atoms with Crippen molar-refractivity contribution in [3.05, 3.63) is 29.5 Å². The Morgan fingerprint density at radius 2 is 2.11 bits per heavy atom. The van der Waals surface area contributed by atoms with Crippen LogP contribution >= 0.6 is 0 Å². The molecule has 1 N–H and O–H groups in total. The van der Waals surface area contributed by atoms with E-state index in [1.54, 1.807) is 0 Å². The van der Waals surface area contributed by atoms with E-state index in [9.17, 15) is 0 Å². The van der Waals surface area contributed by atoms with E-state index in [4.69, 9.17) is 0 Å². The highest BCUT2D eigenvalue weighted by Crippen LogP contribution is 2.19. The van der Waals surface area contributed by atoms with Crippen LogP contribution in [0.5, 0.6) is 0 Å². The minimum atomic E-state index is 0.843. The van der Waals surface area contributed by atoms with Crippen LogP contribution in [0.15, 0.2) is 12.4 Å². The molecule has 0 saturated heterocycles. The molecule has 2 aromatic heterocycles. The van der Waals surface area contributed by atoms with Crippen LogP contribution in [0.4, 0.5) is 0 Å². The van der Waals surface area contributed by atoms with Crippen LogP contribution in [0.25, 0.3) is 5.82 Å². The first-order valence-corrected chi connectivity index (χ1v) is 6.94. The molecule has 0 aliphatic carbocycles. The van der Waals surface area contributed by atoms with Gasteiger partial charge in [-0.25, -0.2) is 4.98 Å². The van der Waals surface area contributed by atoms with E-state index in [0.29, 0.717) is 0 Å². The third-order valence-corrected chi connectivity index (χ3v) is 3.28. The predicted molar refractivity (Wildman–Crippen MR) is 76.4 cm³/mol. The Morgan fingerprint density at radius 1 is 1.32 bits per heavy atom. The Bertz CT molecular complexity index is 538. The molecule has 0 bridgehead atoms. The molecule has 0 atom stereocenters. The van der Waals surface area contributed by atoms with Crippen LogP contribution in [0, 0.1) is 6.92 Å². The molecule has 2 rings (SSSR count). The van der Waals surface area contributed by atoms with Gasteiger partial charge in [-0.2, -0.15) is 5.10 Å². The molecule has 0 spiro atoms. The molecular formula is C14H23N5. The van der Waals surface area contributed by atoms with Gasteiger partial charge in [0.05, 0.1) is 5.69 Å². The van der Waals surface area contributed by atoms with E-state index < -0.39 is 0 Å². The monoisotopic (exact) mass is 261 g/mol. The second kappa shape index (κ2) is 6.02. The largest absolute Gasteiger partial charge is 0.313 e. The molecule has 0 aromatic carbocycles. The first-order valence-electron chi connectivity index (χ1n) is 6.94. The highest BCUT2D eigenvalue weighted by atomic mass is 15.3. The molecular weight excluding hydrogens is 238 g/mol. The van der Waals surface area contributed by atoms with Crippen molar-refractivity contribution < 1.29 is 0 Å². The number of aromatic nitrogens is 4. The van der Waals surface area contributed by atoms with Crippen LogP contribution in [0.3, 0.4) is 0 Å². The molecule has 104 valence electrons. The van der Waals surface area contributed by atoms with Crippen LogP contribution in [0.1, 0.15) is 37.4 Å². The first-order chi connectivity index (χ1) is 9.19. The van der Waals surface area contributed by atoms with Gasteiger partial charge in [0.1, 0.15) is 11.6 Å². The lowest BCUT2D eigenvalue weighted by atomic mass is 10.2. The van der Waals surface area contributed by atoms with Crippen molar-refractivity contribution in [3.63, 3.8) is 0 Å². The third kappa shape index (κ3) is 2.71. The van der Waals surface area contributed by atoms with E-state index >= 15 is 0 Å². The van der Waals surface area contributed by atoms with Crippen molar-refractivity contribution in [1.29, 1.82) is 0 Å². The summed E-state index contributed by atoms with van der Waals surface area (Å²) in [6, 6.07) is 0. The Labute approximate surface area is 114 Å². The Hall–Kier alpha value is -1.62. The maximum atomic E-state index is 4.55. The van der Waals surface area contributed by atoms with E-state index in [-0.39, 0.29) is 0 Å². The fraction of sp³-hybridized carbons (Fsp3) is 0.571. The van der Waals surface area contributed by atoms with Crippen LogP contribution in [-0.2, 0) is 20.0 Å². The number of imidazole rings is 1. The zero-order valence-electron chi connectivity index (χ0n) is 12.3. The fourth-order valence-electron chi connectivity index (χ4n) is 2.38. The molecule has 0 aliphatic rings. The van der Waals surface area contributed by atoms with Gasteiger partial charge in [-0.15, -0.1) is 0 Å². The van der Waals surface area contributed by atoms with E-state index in [0.717, 1.165) is 43.3 Å². The first kappa shape index (κ1) is 13.8. The van der Waals surface area contributed by atoms with Crippen molar-refractivity contribution in [1.82, 2.24) is 24.6 Å². The highest BCUT2D eigenvalue weighted by molar-refractivity contribution is 5.39. The SMILES string of the molecule is CCCc1nccn1-c1c(CNCC)c(C)nn1C. The zero-order chi connectivity index (χ0) is 13.8. The van der Waals surface area contributed by atoms with Gasteiger partial charge in [0.2, 0.25) is 0 Å². The Balaban J connectivity index is 2.45. The summed E-state index contributed by atoms with van der Waals surface area (Å²) in [6.45, 7) is 8.15. The number of hydrogen-bond acceptors (Lipinski definition) is 3. The lowest BCUT2D eigenvalue weighted by Gasteiger charge is -2.11. The lowest BCUT2D eigenvalue weighted by molar-refractivity contribution is 0.687. The number of rotatable bonds is 6. The van der Waals surface area contributed by atoms with Crippen molar-refractivity contribution in [2.75, 3.05) is 6.54 Å². The molecule has 2 heterocycles. The zero-order valence-corrected chi connectivity index (χ0v) is 12.3. The number of nitrogens with zero attached hydrogens (tertiary/aromatic N) is 4. The fourth-order valence-corrected chi connectivity index (χ4v) is 2.38. The van der Waals surface area contributed by atoms with Crippen molar-refractivity contribution in [2.45, 2.75) is 40.2 Å². The molecule has 0 unspecified atom stereocenters. The summed E-state index contributed by atoms with van der Waals surface area (Å²) in [5.41, 5.74) is 2.33. The molecule has 0 aliphatic heterocycles. The van der Waals surface area contributed by atoms with Crippen LogP contribution in [-0.4, -0.2) is 25.9 Å². The lowest BCUT2D eigenvalue weighted by Crippen LogP contribution is -2.15. The maximum absolute atomic E-state index is 4.55. The van der Waals surface area contributed by atoms with Crippen LogP contribution < -0.4 is 5.32 Å². The normalized spacial score (nSPS) is 11.2. The summed E-state index contributed by atoms with van der Waals surface area (Å²) in [5.74, 6) is 2.22. The number of aryl methyl sites for hydroxylation is 3. The summed E-state index contributed by atoms with van der Waals surface area (Å²) in [6.07, 6.45) is 5.97. The van der Waals surface area contributed by atoms with E-state index in [2.05, 4.69) is 40.7 Å². The minimum Gasteiger partial charge on any atom is -0.313 e.